The van der Waals surface area contributed by atoms with E-state index in [4.69, 9.17) is 5.73 Å². The van der Waals surface area contributed by atoms with E-state index in [2.05, 4.69) is 15.2 Å². The maximum Gasteiger partial charge on any atom is 0.267 e. The first-order chi connectivity index (χ1) is 9.70. The molecule has 0 unspecified atom stereocenters. The quantitative estimate of drug-likeness (QED) is 0.822. The highest BCUT2D eigenvalue weighted by atomic mass is 32.2. The molecular weight excluding hydrogens is 304 g/mol. The van der Waals surface area contributed by atoms with Crippen molar-refractivity contribution in [1.29, 1.82) is 0 Å². The van der Waals surface area contributed by atoms with Crippen LogP contribution in [0.4, 0.5) is 20.4 Å². The summed E-state index contributed by atoms with van der Waals surface area (Å²) >= 11 is 0. The number of nitrogens with two attached hydrogens (primary N) is 1. The average molecular weight is 315 g/mol. The Bertz CT molecular complexity index is 811. The number of hydrogen-bond donors (Lipinski definition) is 2. The zero-order valence-electron chi connectivity index (χ0n) is 11.1. The molecule has 112 valence electrons. The Morgan fingerprint density at radius 1 is 1.14 bits per heavy atom. The van der Waals surface area contributed by atoms with Crippen LogP contribution in [0.3, 0.4) is 0 Å². The zero-order chi connectivity index (χ0) is 15.8. The molecule has 0 aliphatic rings. The fourth-order valence-corrected chi connectivity index (χ4v) is 2.52. The molecule has 0 aliphatic carbocycles. The number of sulfonamides is 1. The third-order valence-electron chi connectivity index (χ3n) is 2.62. The molecule has 0 saturated carbocycles. The predicted octanol–water partition coefficient (Wildman–Crippen LogP) is 1.15. The molecule has 1 aromatic heterocycles. The SMILES string of the molecule is Cc1nnc(NS(=O)(=O)c2cc(N)cc(F)c2F)nc1C. The molecule has 2 rings (SSSR count). The first kappa shape index (κ1) is 15.0. The lowest BCUT2D eigenvalue weighted by atomic mass is 10.3. The van der Waals surface area contributed by atoms with Crippen molar-refractivity contribution in [1.82, 2.24) is 15.2 Å². The number of nitrogens with zero attached hydrogens (tertiary/aromatic N) is 3. The maximum absolute atomic E-state index is 13.6. The normalized spacial score (nSPS) is 11.4. The van der Waals surface area contributed by atoms with E-state index < -0.39 is 26.6 Å². The minimum Gasteiger partial charge on any atom is -0.399 e. The van der Waals surface area contributed by atoms with Crippen LogP contribution in [0.2, 0.25) is 0 Å². The molecule has 0 saturated heterocycles. The van der Waals surface area contributed by atoms with Crippen LogP contribution in [-0.2, 0) is 10.0 Å². The molecule has 10 heteroatoms. The second kappa shape index (κ2) is 5.20. The first-order valence-electron chi connectivity index (χ1n) is 5.66. The van der Waals surface area contributed by atoms with Gasteiger partial charge >= 0.3 is 0 Å². The summed E-state index contributed by atoms with van der Waals surface area (Å²) in [6.45, 7) is 3.24. The highest BCUT2D eigenvalue weighted by molar-refractivity contribution is 7.92. The van der Waals surface area contributed by atoms with Crippen molar-refractivity contribution < 1.29 is 17.2 Å². The minimum absolute atomic E-state index is 0.228. The number of nitrogen functional groups attached to an aromatic ring is 1. The van der Waals surface area contributed by atoms with Crippen LogP contribution in [0.5, 0.6) is 0 Å². The van der Waals surface area contributed by atoms with Gasteiger partial charge in [-0.15, -0.1) is 5.10 Å². The monoisotopic (exact) mass is 315 g/mol. The smallest absolute Gasteiger partial charge is 0.267 e. The number of aryl methyl sites for hydroxylation is 2. The molecule has 21 heavy (non-hydrogen) atoms. The number of aromatic nitrogens is 3. The van der Waals surface area contributed by atoms with Gasteiger partial charge in [0.15, 0.2) is 11.6 Å². The van der Waals surface area contributed by atoms with E-state index in [0.29, 0.717) is 17.5 Å². The number of anilines is 2. The fourth-order valence-electron chi connectivity index (χ4n) is 1.45. The van der Waals surface area contributed by atoms with Crippen LogP contribution in [0.1, 0.15) is 11.4 Å². The highest BCUT2D eigenvalue weighted by Gasteiger charge is 2.24. The maximum atomic E-state index is 13.6. The number of halogens is 2. The predicted molar refractivity (Wildman–Crippen MR) is 70.9 cm³/mol. The third-order valence-corrected chi connectivity index (χ3v) is 3.95. The summed E-state index contributed by atoms with van der Waals surface area (Å²) < 4.78 is 52.9. The molecule has 0 atom stereocenters. The van der Waals surface area contributed by atoms with Crippen LogP contribution in [0, 0.1) is 25.5 Å². The van der Waals surface area contributed by atoms with Crippen LogP contribution in [0.15, 0.2) is 17.0 Å². The summed E-state index contributed by atoms with van der Waals surface area (Å²) in [4.78, 5) is 2.92. The molecule has 0 aliphatic heterocycles. The second-order valence-corrected chi connectivity index (χ2v) is 5.88. The van der Waals surface area contributed by atoms with Crippen LogP contribution >= 0.6 is 0 Å². The van der Waals surface area contributed by atoms with Gasteiger partial charge in [0.2, 0.25) is 0 Å². The van der Waals surface area contributed by atoms with Crippen molar-refractivity contribution in [2.45, 2.75) is 18.7 Å². The molecule has 0 fully saturated rings. The molecule has 0 radical (unpaired) electrons. The lowest BCUT2D eigenvalue weighted by Gasteiger charge is -2.09. The molecular formula is C11H11F2N5O2S. The molecule has 0 bridgehead atoms. The summed E-state index contributed by atoms with van der Waals surface area (Å²) in [6, 6.07) is 1.48. The summed E-state index contributed by atoms with van der Waals surface area (Å²) in [5.74, 6) is -3.25. The number of hydrogen-bond acceptors (Lipinski definition) is 6. The first-order valence-corrected chi connectivity index (χ1v) is 7.14. The summed E-state index contributed by atoms with van der Waals surface area (Å²) in [5, 5.41) is 7.21. The summed E-state index contributed by atoms with van der Waals surface area (Å²) in [5.41, 5.74) is 6.05. The third kappa shape index (κ3) is 3.05. The van der Waals surface area contributed by atoms with Crippen molar-refractivity contribution in [3.8, 4) is 0 Å². The van der Waals surface area contributed by atoms with E-state index in [1.54, 1.807) is 13.8 Å². The Morgan fingerprint density at radius 3 is 2.43 bits per heavy atom. The topological polar surface area (TPSA) is 111 Å². The van der Waals surface area contributed by atoms with Gasteiger partial charge in [-0.1, -0.05) is 0 Å². The van der Waals surface area contributed by atoms with Crippen molar-refractivity contribution in [2.75, 3.05) is 10.5 Å². The zero-order valence-corrected chi connectivity index (χ0v) is 11.9. The van der Waals surface area contributed by atoms with Gasteiger partial charge in [0, 0.05) is 5.69 Å². The standard InChI is InChI=1S/C11H11F2N5O2S/c1-5-6(2)16-17-11(15-5)18-21(19,20)9-4-7(14)3-8(12)10(9)13/h3-4H,14H2,1-2H3,(H,15,17,18). The Labute approximate surface area is 119 Å². The van der Waals surface area contributed by atoms with E-state index in [1.807, 2.05) is 4.72 Å². The van der Waals surface area contributed by atoms with Gasteiger partial charge in [-0.05, 0) is 26.0 Å². The highest BCUT2D eigenvalue weighted by Crippen LogP contribution is 2.22. The van der Waals surface area contributed by atoms with Gasteiger partial charge in [0.05, 0.1) is 11.4 Å². The minimum atomic E-state index is -4.43. The fraction of sp³-hybridized carbons (Fsp3) is 0.182. The summed E-state index contributed by atoms with van der Waals surface area (Å²) in [7, 11) is -4.43. The molecule has 1 heterocycles. The van der Waals surface area contributed by atoms with Gasteiger partial charge in [0.25, 0.3) is 16.0 Å². The lowest BCUT2D eigenvalue weighted by Crippen LogP contribution is -2.18. The van der Waals surface area contributed by atoms with Crippen molar-refractivity contribution >= 4 is 21.7 Å². The van der Waals surface area contributed by atoms with Gasteiger partial charge < -0.3 is 5.73 Å². The Morgan fingerprint density at radius 2 is 1.81 bits per heavy atom. The molecule has 3 N–H and O–H groups in total. The van der Waals surface area contributed by atoms with Crippen molar-refractivity contribution in [2.24, 2.45) is 0 Å². The number of benzene rings is 1. The van der Waals surface area contributed by atoms with Gasteiger partial charge in [-0.3, -0.25) is 0 Å². The van der Waals surface area contributed by atoms with E-state index in [-0.39, 0.29) is 11.6 Å². The van der Waals surface area contributed by atoms with E-state index >= 15 is 0 Å². The van der Waals surface area contributed by atoms with Gasteiger partial charge in [-0.2, -0.15) is 5.10 Å². The Balaban J connectivity index is 2.45. The molecule has 2 aromatic rings. The van der Waals surface area contributed by atoms with Crippen LogP contribution < -0.4 is 10.5 Å². The van der Waals surface area contributed by atoms with Gasteiger partial charge in [-0.25, -0.2) is 26.9 Å². The van der Waals surface area contributed by atoms with Crippen molar-refractivity contribution in [3.05, 3.63) is 35.2 Å². The molecule has 0 spiro atoms. The molecule has 0 amide bonds. The second-order valence-electron chi connectivity index (χ2n) is 4.23. The molecule has 1 aromatic carbocycles. The number of nitrogens with one attached hydrogen (secondary N) is 1. The van der Waals surface area contributed by atoms with E-state index in [1.165, 1.54) is 0 Å². The average Bonchev–Trinajstić information content (AvgIpc) is 2.37. The Kier molecular flexibility index (Phi) is 3.73. The van der Waals surface area contributed by atoms with Crippen molar-refractivity contribution in [3.63, 3.8) is 0 Å². The summed E-state index contributed by atoms with van der Waals surface area (Å²) in [6.07, 6.45) is 0. The van der Waals surface area contributed by atoms with Gasteiger partial charge in [0.1, 0.15) is 4.90 Å². The largest absolute Gasteiger partial charge is 0.399 e. The van der Waals surface area contributed by atoms with Crippen LogP contribution in [0.25, 0.3) is 0 Å². The lowest BCUT2D eigenvalue weighted by molar-refractivity contribution is 0.486. The van der Waals surface area contributed by atoms with E-state index in [9.17, 15) is 17.2 Å². The number of rotatable bonds is 3. The Hall–Kier alpha value is -2.36. The molecule has 7 nitrogen and oxygen atoms in total. The van der Waals surface area contributed by atoms with Crippen LogP contribution in [-0.4, -0.2) is 23.6 Å². The van der Waals surface area contributed by atoms with E-state index in [0.717, 1.165) is 6.07 Å².